The number of rotatable bonds is 6. The Morgan fingerprint density at radius 3 is 2.60 bits per heavy atom. The number of aromatic nitrogens is 1. The van der Waals surface area contributed by atoms with Crippen molar-refractivity contribution in [3.8, 4) is 5.88 Å². The Labute approximate surface area is 145 Å². The highest BCUT2D eigenvalue weighted by Crippen LogP contribution is 2.36. The second kappa shape index (κ2) is 7.56. The molecule has 9 heteroatoms. The number of ether oxygens (including phenoxy) is 2. The number of carboxylic acid groups (broad SMARTS) is 1. The number of methoxy groups -OCH3 is 1. The quantitative estimate of drug-likeness (QED) is 0.609. The van der Waals surface area contributed by atoms with E-state index in [1.54, 1.807) is 24.3 Å². The lowest BCUT2D eigenvalue weighted by molar-refractivity contribution is -0.137. The van der Waals surface area contributed by atoms with Gasteiger partial charge in [-0.25, -0.2) is 4.79 Å². The van der Waals surface area contributed by atoms with Crippen LogP contribution in [0.2, 0.25) is 0 Å². The Morgan fingerprint density at radius 2 is 2.04 bits per heavy atom. The highest BCUT2D eigenvalue weighted by Gasteiger charge is 2.36. The third-order valence-electron chi connectivity index (χ3n) is 3.13. The first-order chi connectivity index (χ1) is 11.7. The second-order valence-corrected chi connectivity index (χ2v) is 6.10. The summed E-state index contributed by atoms with van der Waals surface area (Å²) in [6.07, 6.45) is -3.45. The van der Waals surface area contributed by atoms with Crippen molar-refractivity contribution in [2.75, 3.05) is 7.11 Å². The van der Waals surface area contributed by atoms with Gasteiger partial charge in [0.05, 0.1) is 18.2 Å². The summed E-state index contributed by atoms with van der Waals surface area (Å²) in [6.45, 7) is 1.34. The number of carboxylic acids is 1. The normalized spacial score (nSPS) is 12.1. The molecule has 0 aliphatic heterocycles. The van der Waals surface area contributed by atoms with Gasteiger partial charge in [-0.3, -0.25) is 0 Å². The Balaban J connectivity index is 2.27. The second-order valence-electron chi connectivity index (χ2n) is 4.90. The molecule has 0 fully saturated rings. The largest absolute Gasteiger partial charge is 0.503 e. The first-order valence-electron chi connectivity index (χ1n) is 6.96. The Bertz CT molecular complexity index is 799. The molecule has 1 heterocycles. The van der Waals surface area contributed by atoms with Crippen LogP contribution in [0, 0.1) is 6.92 Å². The van der Waals surface area contributed by atoms with Gasteiger partial charge in [0.25, 0.3) is 0 Å². The molecule has 0 radical (unpaired) electrons. The minimum Gasteiger partial charge on any atom is -0.503 e. The number of benzene rings is 1. The molecule has 0 aliphatic carbocycles. The summed E-state index contributed by atoms with van der Waals surface area (Å²) in [5.41, 5.74) is 0.739. The molecule has 0 bridgehead atoms. The van der Waals surface area contributed by atoms with Crippen molar-refractivity contribution in [2.45, 2.75) is 19.7 Å². The van der Waals surface area contributed by atoms with Crippen molar-refractivity contribution in [1.82, 2.24) is 4.98 Å². The van der Waals surface area contributed by atoms with E-state index in [-0.39, 0.29) is 22.9 Å². The Kier molecular flexibility index (Phi) is 5.68. The lowest BCUT2D eigenvalue weighted by atomic mass is 10.0. The van der Waals surface area contributed by atoms with Crippen molar-refractivity contribution in [2.24, 2.45) is 0 Å². The summed E-state index contributed by atoms with van der Waals surface area (Å²) >= 11 is 0.493. The van der Waals surface area contributed by atoms with Crippen LogP contribution in [0.5, 0.6) is 5.88 Å². The number of hydrogen-bond donors (Lipinski definition) is 1. The van der Waals surface area contributed by atoms with Gasteiger partial charge in [0.1, 0.15) is 12.2 Å². The molecule has 0 atom stereocenters. The first-order valence-corrected chi connectivity index (χ1v) is 7.77. The zero-order valence-electron chi connectivity index (χ0n) is 13.3. The Morgan fingerprint density at radius 1 is 1.36 bits per heavy atom. The topological polar surface area (TPSA) is 68.7 Å². The van der Waals surface area contributed by atoms with Gasteiger partial charge in [-0.1, -0.05) is 24.3 Å². The van der Waals surface area contributed by atoms with Crippen molar-refractivity contribution < 1.29 is 32.5 Å². The van der Waals surface area contributed by atoms with Crippen LogP contribution >= 0.6 is 11.3 Å². The van der Waals surface area contributed by atoms with Crippen LogP contribution in [-0.4, -0.2) is 23.2 Å². The molecule has 134 valence electrons. The number of nitrogens with zero attached hydrogens (tertiary/aromatic N) is 1. The maximum Gasteiger partial charge on any atom is 0.443 e. The average Bonchev–Trinajstić information content (AvgIpc) is 2.92. The fourth-order valence-corrected chi connectivity index (χ4v) is 2.77. The molecular formula is C16H14F3NO4S. The molecular weight excluding hydrogens is 359 g/mol. The fourth-order valence-electron chi connectivity index (χ4n) is 2.04. The molecule has 0 saturated heterocycles. The molecule has 2 rings (SSSR count). The number of alkyl halides is 3. The molecule has 0 saturated carbocycles. The highest BCUT2D eigenvalue weighted by atomic mass is 32.1. The third-order valence-corrected chi connectivity index (χ3v) is 4.13. The zero-order chi connectivity index (χ0) is 18.6. The summed E-state index contributed by atoms with van der Waals surface area (Å²) in [5, 5.41) is 8.29. The van der Waals surface area contributed by atoms with Crippen LogP contribution in [0.3, 0.4) is 0 Å². The van der Waals surface area contributed by atoms with E-state index in [1.165, 1.54) is 14.0 Å². The van der Waals surface area contributed by atoms with Gasteiger partial charge in [0.15, 0.2) is 0 Å². The van der Waals surface area contributed by atoms with Crippen molar-refractivity contribution in [3.63, 3.8) is 0 Å². The molecule has 2 aromatic rings. The lowest BCUT2D eigenvalue weighted by Crippen LogP contribution is -2.07. The van der Waals surface area contributed by atoms with Crippen LogP contribution in [0.15, 0.2) is 30.5 Å². The molecule has 1 aromatic heterocycles. The average molecular weight is 373 g/mol. The number of thiazole rings is 1. The molecule has 0 amide bonds. The first kappa shape index (κ1) is 18.8. The summed E-state index contributed by atoms with van der Waals surface area (Å²) in [4.78, 5) is 15.1. The molecule has 1 N–H and O–H groups in total. The smallest absolute Gasteiger partial charge is 0.443 e. The minimum atomic E-state index is -4.54. The van der Waals surface area contributed by atoms with E-state index in [9.17, 15) is 23.1 Å². The molecule has 5 nitrogen and oxygen atoms in total. The number of aryl methyl sites for hydroxylation is 1. The molecule has 1 aromatic carbocycles. The number of carbonyl (C=O) groups is 1. The van der Waals surface area contributed by atoms with E-state index in [2.05, 4.69) is 4.98 Å². The zero-order valence-corrected chi connectivity index (χ0v) is 14.1. The van der Waals surface area contributed by atoms with E-state index in [4.69, 9.17) is 9.47 Å². The predicted octanol–water partition coefficient (Wildman–Crippen LogP) is 4.12. The maximum atomic E-state index is 12.7. The van der Waals surface area contributed by atoms with Crippen LogP contribution in [-0.2, 0) is 22.3 Å². The van der Waals surface area contributed by atoms with E-state index in [0.29, 0.717) is 22.5 Å². The van der Waals surface area contributed by atoms with Crippen LogP contribution < -0.4 is 4.74 Å². The standard InChI is InChI=1S/C16H14F3NO4S/c1-9-13(20-15(25-9)16(17,18)19)24-7-10-5-3-4-6-11(10)12(8-23-2)14(21)22/h3-6,8H,7H2,1-2H3,(H,21,22). The highest BCUT2D eigenvalue weighted by molar-refractivity contribution is 7.11. The SMILES string of the molecule is COC=C(C(=O)O)c1ccccc1COc1nc(C(F)(F)F)sc1C. The van der Waals surface area contributed by atoms with E-state index >= 15 is 0 Å². The predicted molar refractivity (Wildman–Crippen MR) is 85.2 cm³/mol. The molecule has 25 heavy (non-hydrogen) atoms. The van der Waals surface area contributed by atoms with Gasteiger partial charge >= 0.3 is 12.1 Å². The van der Waals surface area contributed by atoms with Crippen molar-refractivity contribution in [1.29, 1.82) is 0 Å². The Hall–Kier alpha value is -2.55. The molecule has 0 spiro atoms. The lowest BCUT2D eigenvalue weighted by Gasteiger charge is -2.11. The fraction of sp³-hybridized carbons (Fsp3) is 0.250. The van der Waals surface area contributed by atoms with E-state index in [0.717, 1.165) is 6.26 Å². The monoisotopic (exact) mass is 373 g/mol. The third kappa shape index (κ3) is 4.50. The van der Waals surface area contributed by atoms with Gasteiger partial charge in [0.2, 0.25) is 10.9 Å². The van der Waals surface area contributed by atoms with Crippen LogP contribution in [0.25, 0.3) is 5.57 Å². The maximum absolute atomic E-state index is 12.7. The van der Waals surface area contributed by atoms with E-state index in [1.807, 2.05) is 0 Å². The van der Waals surface area contributed by atoms with Gasteiger partial charge in [-0.2, -0.15) is 18.2 Å². The van der Waals surface area contributed by atoms with Gasteiger partial charge in [0, 0.05) is 0 Å². The summed E-state index contributed by atoms with van der Waals surface area (Å²) in [7, 11) is 1.32. The number of hydrogen-bond acceptors (Lipinski definition) is 5. The number of halogens is 3. The van der Waals surface area contributed by atoms with Gasteiger partial charge in [-0.15, -0.1) is 11.3 Å². The minimum absolute atomic E-state index is 0.0901. The molecule has 0 aliphatic rings. The van der Waals surface area contributed by atoms with Gasteiger partial charge in [-0.05, 0) is 18.1 Å². The van der Waals surface area contributed by atoms with Crippen LogP contribution in [0.1, 0.15) is 21.0 Å². The van der Waals surface area contributed by atoms with Crippen LogP contribution in [0.4, 0.5) is 13.2 Å². The van der Waals surface area contributed by atoms with Crippen molar-refractivity contribution >= 4 is 22.9 Å². The van der Waals surface area contributed by atoms with Crippen molar-refractivity contribution in [3.05, 3.63) is 51.5 Å². The summed E-state index contributed by atoms with van der Waals surface area (Å²) < 4.78 is 48.2. The van der Waals surface area contributed by atoms with Gasteiger partial charge < -0.3 is 14.6 Å². The molecule has 0 unspecified atom stereocenters. The summed E-state index contributed by atoms with van der Waals surface area (Å²) in [5.74, 6) is -1.32. The van der Waals surface area contributed by atoms with E-state index < -0.39 is 17.2 Å². The summed E-state index contributed by atoms with van der Waals surface area (Å²) in [6, 6.07) is 6.49. The number of aliphatic carboxylic acids is 1.